The zero-order valence-electron chi connectivity index (χ0n) is 13.7. The molecule has 0 aliphatic heterocycles. The third-order valence-corrected chi connectivity index (χ3v) is 4.48. The van der Waals surface area contributed by atoms with E-state index in [4.69, 9.17) is 5.26 Å². The van der Waals surface area contributed by atoms with Crippen LogP contribution in [0.5, 0.6) is 0 Å². The molecule has 0 saturated heterocycles. The monoisotopic (exact) mass is 327 g/mol. The normalized spacial score (nSPS) is 10.6. The fraction of sp³-hybridized carbons (Fsp3) is 0.389. The number of benzene rings is 1. The molecule has 0 saturated carbocycles. The summed E-state index contributed by atoms with van der Waals surface area (Å²) < 4.78 is 0. The number of hydrogen-bond acceptors (Lipinski definition) is 4. The highest BCUT2D eigenvalue weighted by Gasteiger charge is 2.18. The zero-order valence-corrected chi connectivity index (χ0v) is 14.6. The van der Waals surface area contributed by atoms with Crippen LogP contribution in [0.25, 0.3) is 10.6 Å². The molecule has 0 N–H and O–H groups in total. The Kier molecular flexibility index (Phi) is 5.89. The van der Waals surface area contributed by atoms with Gasteiger partial charge in [-0.2, -0.15) is 5.26 Å². The maximum atomic E-state index is 12.4. The second-order valence-electron chi connectivity index (χ2n) is 5.70. The molecule has 0 unspecified atom stereocenters. The zero-order chi connectivity index (χ0) is 16.8. The van der Waals surface area contributed by atoms with Crippen molar-refractivity contribution in [3.05, 3.63) is 40.9 Å². The molecule has 0 spiro atoms. The molecule has 0 atom stereocenters. The summed E-state index contributed by atoms with van der Waals surface area (Å²) in [6, 6.07) is 10.3. The lowest BCUT2D eigenvalue weighted by molar-refractivity contribution is 0.0771. The molecule has 2 rings (SSSR count). The number of carbonyl (C=O) groups excluding carboxylic acids is 1. The van der Waals surface area contributed by atoms with Crippen molar-refractivity contribution >= 4 is 17.2 Å². The molecule has 1 aromatic carbocycles. The summed E-state index contributed by atoms with van der Waals surface area (Å²) in [6.45, 7) is 6.98. The van der Waals surface area contributed by atoms with Gasteiger partial charge in [0.15, 0.2) is 0 Å². The van der Waals surface area contributed by atoms with Gasteiger partial charge in [0.25, 0.3) is 5.91 Å². The van der Waals surface area contributed by atoms with E-state index in [9.17, 15) is 4.79 Å². The van der Waals surface area contributed by atoms with Crippen LogP contribution in [-0.4, -0.2) is 28.9 Å². The first-order valence-corrected chi connectivity index (χ1v) is 8.66. The molecule has 1 aromatic heterocycles. The molecular formula is C18H21N3OS. The number of carbonyl (C=O) groups is 1. The number of hydrogen-bond donors (Lipinski definition) is 0. The average molecular weight is 327 g/mol. The summed E-state index contributed by atoms with van der Waals surface area (Å²) in [6.07, 6.45) is 0.821. The number of aromatic nitrogens is 1. The molecule has 23 heavy (non-hydrogen) atoms. The third-order valence-electron chi connectivity index (χ3n) is 3.59. The first kappa shape index (κ1) is 17.2. The van der Waals surface area contributed by atoms with E-state index < -0.39 is 0 Å². The Labute approximate surface area is 141 Å². The quantitative estimate of drug-likeness (QED) is 0.743. The Morgan fingerprint density at radius 1 is 1.35 bits per heavy atom. The molecule has 120 valence electrons. The van der Waals surface area contributed by atoms with Crippen molar-refractivity contribution in [3.8, 4) is 16.6 Å². The van der Waals surface area contributed by atoms with Crippen LogP contribution in [0.4, 0.5) is 0 Å². The van der Waals surface area contributed by atoms with Crippen LogP contribution in [0, 0.1) is 11.3 Å². The molecule has 0 radical (unpaired) electrons. The van der Waals surface area contributed by atoms with E-state index in [-0.39, 0.29) is 12.5 Å². The van der Waals surface area contributed by atoms with Gasteiger partial charge in [-0.1, -0.05) is 45.0 Å². The number of thiazole rings is 1. The molecule has 0 fully saturated rings. The standard InChI is InChI=1S/C18H21N3OS/c1-4-10-21(11-9-19)18(22)16-12-23-17(20-16)15-7-5-14(6-8-15)13(2)3/h5-8,12-13H,4,10-11H2,1-3H3. The lowest BCUT2D eigenvalue weighted by Gasteiger charge is -2.16. The highest BCUT2D eigenvalue weighted by molar-refractivity contribution is 7.13. The Morgan fingerprint density at radius 2 is 2.04 bits per heavy atom. The van der Waals surface area contributed by atoms with Gasteiger partial charge < -0.3 is 4.90 Å². The molecule has 0 aliphatic carbocycles. The van der Waals surface area contributed by atoms with Crippen molar-refractivity contribution in [2.45, 2.75) is 33.1 Å². The van der Waals surface area contributed by atoms with Gasteiger partial charge in [0, 0.05) is 17.5 Å². The van der Waals surface area contributed by atoms with Gasteiger partial charge in [-0.3, -0.25) is 4.79 Å². The van der Waals surface area contributed by atoms with Crippen LogP contribution < -0.4 is 0 Å². The van der Waals surface area contributed by atoms with Crippen molar-refractivity contribution in [2.24, 2.45) is 0 Å². The summed E-state index contributed by atoms with van der Waals surface area (Å²) in [5.74, 6) is 0.320. The van der Waals surface area contributed by atoms with Gasteiger partial charge in [0.1, 0.15) is 17.2 Å². The molecule has 1 heterocycles. The molecule has 0 aliphatic rings. The number of nitrogens with zero attached hydrogens (tertiary/aromatic N) is 3. The van der Waals surface area contributed by atoms with E-state index in [0.717, 1.165) is 17.0 Å². The minimum atomic E-state index is -0.172. The smallest absolute Gasteiger partial charge is 0.274 e. The number of rotatable bonds is 6. The van der Waals surface area contributed by atoms with E-state index in [0.29, 0.717) is 18.2 Å². The molecular weight excluding hydrogens is 306 g/mol. The number of amides is 1. The maximum absolute atomic E-state index is 12.4. The maximum Gasteiger partial charge on any atom is 0.274 e. The Balaban J connectivity index is 2.19. The minimum Gasteiger partial charge on any atom is -0.324 e. The topological polar surface area (TPSA) is 57.0 Å². The largest absolute Gasteiger partial charge is 0.324 e. The van der Waals surface area contributed by atoms with Crippen LogP contribution in [-0.2, 0) is 0 Å². The Morgan fingerprint density at radius 3 is 2.61 bits per heavy atom. The van der Waals surface area contributed by atoms with Crippen molar-refractivity contribution in [2.75, 3.05) is 13.1 Å². The molecule has 5 heteroatoms. The van der Waals surface area contributed by atoms with Crippen molar-refractivity contribution in [1.82, 2.24) is 9.88 Å². The summed E-state index contributed by atoms with van der Waals surface area (Å²) in [7, 11) is 0. The summed E-state index contributed by atoms with van der Waals surface area (Å²) >= 11 is 1.46. The lowest BCUT2D eigenvalue weighted by atomic mass is 10.0. The van der Waals surface area contributed by atoms with E-state index in [2.05, 4.69) is 31.0 Å². The van der Waals surface area contributed by atoms with Gasteiger partial charge in [-0.25, -0.2) is 4.98 Å². The van der Waals surface area contributed by atoms with E-state index in [1.165, 1.54) is 16.9 Å². The molecule has 0 bridgehead atoms. The van der Waals surface area contributed by atoms with Crippen LogP contribution in [0.3, 0.4) is 0 Å². The summed E-state index contributed by atoms with van der Waals surface area (Å²) in [5.41, 5.74) is 2.71. The first-order valence-electron chi connectivity index (χ1n) is 7.78. The van der Waals surface area contributed by atoms with Crippen molar-refractivity contribution in [1.29, 1.82) is 5.26 Å². The van der Waals surface area contributed by atoms with Gasteiger partial charge in [0.05, 0.1) is 6.07 Å². The SMILES string of the molecule is CCCN(CC#N)C(=O)c1csc(-c2ccc(C(C)C)cc2)n1. The molecule has 4 nitrogen and oxygen atoms in total. The van der Waals surface area contributed by atoms with Crippen molar-refractivity contribution < 1.29 is 4.79 Å². The van der Waals surface area contributed by atoms with E-state index >= 15 is 0 Å². The summed E-state index contributed by atoms with van der Waals surface area (Å²) in [5, 5.41) is 11.5. The minimum absolute atomic E-state index is 0.0998. The molecule has 1 amide bonds. The Bertz CT molecular complexity index is 698. The third kappa shape index (κ3) is 4.17. The van der Waals surface area contributed by atoms with Crippen LogP contribution in [0.2, 0.25) is 0 Å². The van der Waals surface area contributed by atoms with Gasteiger partial charge in [-0.05, 0) is 17.9 Å². The van der Waals surface area contributed by atoms with Crippen LogP contribution in [0.15, 0.2) is 29.6 Å². The van der Waals surface area contributed by atoms with Gasteiger partial charge in [-0.15, -0.1) is 11.3 Å². The van der Waals surface area contributed by atoms with E-state index in [1.54, 1.807) is 10.3 Å². The highest BCUT2D eigenvalue weighted by atomic mass is 32.1. The van der Waals surface area contributed by atoms with Gasteiger partial charge in [0.2, 0.25) is 0 Å². The first-order chi connectivity index (χ1) is 11.1. The predicted molar refractivity (Wildman–Crippen MR) is 93.4 cm³/mol. The van der Waals surface area contributed by atoms with Crippen molar-refractivity contribution in [3.63, 3.8) is 0 Å². The summed E-state index contributed by atoms with van der Waals surface area (Å²) in [4.78, 5) is 18.4. The Hall–Kier alpha value is -2.19. The van der Waals surface area contributed by atoms with Crippen LogP contribution >= 0.6 is 11.3 Å². The lowest BCUT2D eigenvalue weighted by Crippen LogP contribution is -2.32. The van der Waals surface area contributed by atoms with Gasteiger partial charge >= 0.3 is 0 Å². The molecule has 2 aromatic rings. The average Bonchev–Trinajstić information content (AvgIpc) is 3.04. The predicted octanol–water partition coefficient (Wildman–Crippen LogP) is 4.31. The second-order valence-corrected chi connectivity index (χ2v) is 6.56. The van der Waals surface area contributed by atoms with E-state index in [1.807, 2.05) is 25.1 Å². The fourth-order valence-corrected chi connectivity index (χ4v) is 3.08. The van der Waals surface area contributed by atoms with Crippen LogP contribution in [0.1, 0.15) is 49.2 Å². The fourth-order valence-electron chi connectivity index (χ4n) is 2.28. The second kappa shape index (κ2) is 7.89. The highest BCUT2D eigenvalue weighted by Crippen LogP contribution is 2.26. The number of nitriles is 1.